The minimum atomic E-state index is 0. The van der Waals surface area contributed by atoms with E-state index in [1.807, 2.05) is 36.3 Å². The van der Waals surface area contributed by atoms with Crippen LogP contribution in [0.2, 0.25) is 0 Å². The normalized spacial score (nSPS) is 18.6. The molecule has 0 aliphatic carbocycles. The Hall–Kier alpha value is 0.360. The Balaban J connectivity index is 0.000000640. The van der Waals surface area contributed by atoms with Gasteiger partial charge in [-0.15, -0.1) is 0 Å². The Morgan fingerprint density at radius 1 is 1.22 bits per heavy atom. The highest BCUT2D eigenvalue weighted by molar-refractivity contribution is 6.20. The summed E-state index contributed by atoms with van der Waals surface area (Å²) in [5.74, 6) is 0. The zero-order chi connectivity index (χ0) is 6.15. The summed E-state index contributed by atoms with van der Waals surface area (Å²) in [6.07, 6.45) is 3.88. The van der Waals surface area contributed by atoms with E-state index in [0.29, 0.717) is 0 Å². The summed E-state index contributed by atoms with van der Waals surface area (Å²) in [4.78, 5) is 3.86. The molecule has 9 heavy (non-hydrogen) atoms. The molecule has 0 aromatic heterocycles. The molecule has 0 spiro atoms. The molecule has 0 saturated carbocycles. The van der Waals surface area contributed by atoms with Crippen molar-refractivity contribution >= 4 is 11.6 Å². The fraction of sp³-hybridized carbons (Fsp3) is 0.600. The summed E-state index contributed by atoms with van der Waals surface area (Å²) in [6, 6.07) is 0. The van der Waals surface area contributed by atoms with Crippen molar-refractivity contribution in [3.63, 3.8) is 0 Å². The predicted molar refractivity (Wildman–Crippen MR) is 34.3 cm³/mol. The molecule has 4 heteroatoms. The highest BCUT2D eigenvalue weighted by Gasteiger charge is 2.15. The van der Waals surface area contributed by atoms with E-state index in [-0.39, 0.29) is 29.6 Å². The molecular formula is C5H9ClIN2-. The van der Waals surface area contributed by atoms with Gasteiger partial charge in [-0.2, -0.15) is 0 Å². The maximum atomic E-state index is 5.80. The molecule has 1 rings (SSSR count). The van der Waals surface area contributed by atoms with Crippen molar-refractivity contribution in [1.82, 2.24) is 9.80 Å². The summed E-state index contributed by atoms with van der Waals surface area (Å²) >= 11 is 5.80. The second kappa shape index (κ2) is 3.51. The fourth-order valence-corrected chi connectivity index (χ4v) is 0.770. The van der Waals surface area contributed by atoms with E-state index < -0.39 is 0 Å². The highest BCUT2D eigenvalue weighted by atomic mass is 127. The summed E-state index contributed by atoms with van der Waals surface area (Å²) in [5.41, 5.74) is 0.00926. The molecule has 0 amide bonds. The van der Waals surface area contributed by atoms with Crippen LogP contribution in [0.25, 0.3) is 0 Å². The molecule has 0 atom stereocenters. The molecule has 0 unspecified atom stereocenters. The standard InChI is InChI=1S/C5H9ClN2.HI/c1-7-3-4-8(2)5(7)6;/h3-5H,1-2H3;1H/p-1. The Kier molecular flexibility index (Phi) is 3.65. The number of hydrogen-bond acceptors (Lipinski definition) is 2. The van der Waals surface area contributed by atoms with Gasteiger partial charge in [-0.3, -0.25) is 0 Å². The van der Waals surface area contributed by atoms with Gasteiger partial charge in [0.1, 0.15) is 0 Å². The first kappa shape index (κ1) is 9.36. The van der Waals surface area contributed by atoms with Crippen molar-refractivity contribution in [2.75, 3.05) is 14.1 Å². The van der Waals surface area contributed by atoms with Gasteiger partial charge in [-0.25, -0.2) is 0 Å². The maximum Gasteiger partial charge on any atom is 0.179 e. The Bertz CT molecular complexity index is 106. The molecule has 54 valence electrons. The molecule has 0 aromatic carbocycles. The van der Waals surface area contributed by atoms with Crippen LogP contribution in [0, 0.1) is 0 Å². The van der Waals surface area contributed by atoms with Crippen LogP contribution in [0.5, 0.6) is 0 Å². The monoisotopic (exact) mass is 259 g/mol. The van der Waals surface area contributed by atoms with E-state index in [4.69, 9.17) is 11.6 Å². The molecule has 0 N–H and O–H groups in total. The van der Waals surface area contributed by atoms with Crippen molar-refractivity contribution in [3.05, 3.63) is 12.4 Å². The van der Waals surface area contributed by atoms with E-state index in [1.165, 1.54) is 0 Å². The average Bonchev–Trinajstić information content (AvgIpc) is 1.98. The van der Waals surface area contributed by atoms with Crippen molar-refractivity contribution in [2.45, 2.75) is 5.62 Å². The van der Waals surface area contributed by atoms with Gasteiger partial charge in [-0.1, -0.05) is 11.6 Å². The molecule has 1 aliphatic heterocycles. The van der Waals surface area contributed by atoms with E-state index >= 15 is 0 Å². The van der Waals surface area contributed by atoms with E-state index in [1.54, 1.807) is 0 Å². The first-order valence-electron chi connectivity index (χ1n) is 2.48. The van der Waals surface area contributed by atoms with Crippen LogP contribution in [-0.4, -0.2) is 29.5 Å². The highest BCUT2D eigenvalue weighted by Crippen LogP contribution is 2.13. The number of rotatable bonds is 0. The van der Waals surface area contributed by atoms with Crippen LogP contribution in [0.3, 0.4) is 0 Å². The number of alkyl halides is 1. The van der Waals surface area contributed by atoms with Crippen LogP contribution >= 0.6 is 11.6 Å². The topological polar surface area (TPSA) is 6.48 Å². The summed E-state index contributed by atoms with van der Waals surface area (Å²) in [5, 5.41) is 0. The van der Waals surface area contributed by atoms with Crippen LogP contribution in [0.4, 0.5) is 0 Å². The molecule has 0 bridgehead atoms. The van der Waals surface area contributed by atoms with Crippen LogP contribution in [0.15, 0.2) is 12.4 Å². The zero-order valence-corrected chi connectivity index (χ0v) is 8.30. The lowest BCUT2D eigenvalue weighted by Gasteiger charge is -2.19. The lowest BCUT2D eigenvalue weighted by molar-refractivity contribution is -0.00000166. The van der Waals surface area contributed by atoms with Crippen LogP contribution in [-0.2, 0) is 0 Å². The summed E-state index contributed by atoms with van der Waals surface area (Å²) < 4.78 is 0. The zero-order valence-electron chi connectivity index (χ0n) is 5.38. The first-order valence-corrected chi connectivity index (χ1v) is 2.92. The van der Waals surface area contributed by atoms with Gasteiger partial charge >= 0.3 is 0 Å². The van der Waals surface area contributed by atoms with E-state index in [9.17, 15) is 0 Å². The SMILES string of the molecule is CN1C=CN(C)C1Cl.[I-]. The molecule has 0 aromatic rings. The van der Waals surface area contributed by atoms with Gasteiger partial charge in [0.05, 0.1) is 0 Å². The number of halogens is 2. The molecular weight excluding hydrogens is 250 g/mol. The van der Waals surface area contributed by atoms with Gasteiger partial charge in [-0.05, 0) is 0 Å². The first-order chi connectivity index (χ1) is 3.72. The Morgan fingerprint density at radius 2 is 1.56 bits per heavy atom. The average molecular weight is 259 g/mol. The molecule has 0 saturated heterocycles. The van der Waals surface area contributed by atoms with Gasteiger partial charge in [0.2, 0.25) is 0 Å². The minimum absolute atomic E-state index is 0. The van der Waals surface area contributed by atoms with Crippen molar-refractivity contribution in [3.8, 4) is 0 Å². The third-order valence-electron chi connectivity index (χ3n) is 1.21. The van der Waals surface area contributed by atoms with Gasteiger partial charge < -0.3 is 33.8 Å². The van der Waals surface area contributed by atoms with Crippen molar-refractivity contribution < 1.29 is 24.0 Å². The van der Waals surface area contributed by atoms with E-state index in [2.05, 4.69) is 0 Å². The largest absolute Gasteiger partial charge is 1.00 e. The molecule has 0 radical (unpaired) electrons. The van der Waals surface area contributed by atoms with E-state index in [0.717, 1.165) is 0 Å². The van der Waals surface area contributed by atoms with Crippen molar-refractivity contribution in [2.24, 2.45) is 0 Å². The molecule has 1 heterocycles. The molecule has 0 fully saturated rings. The van der Waals surface area contributed by atoms with Gasteiger partial charge in [0, 0.05) is 26.5 Å². The Morgan fingerprint density at radius 3 is 1.67 bits per heavy atom. The summed E-state index contributed by atoms with van der Waals surface area (Å²) in [6.45, 7) is 0. The lowest BCUT2D eigenvalue weighted by atomic mass is 10.8. The summed E-state index contributed by atoms with van der Waals surface area (Å²) in [7, 11) is 3.88. The van der Waals surface area contributed by atoms with Crippen molar-refractivity contribution in [1.29, 1.82) is 0 Å². The molecule has 1 aliphatic rings. The van der Waals surface area contributed by atoms with Gasteiger partial charge in [0.15, 0.2) is 5.62 Å². The third kappa shape index (κ3) is 1.89. The predicted octanol–water partition coefficient (Wildman–Crippen LogP) is -2.14. The number of nitrogens with zero attached hydrogens (tertiary/aromatic N) is 2. The fourth-order valence-electron chi connectivity index (χ4n) is 0.640. The van der Waals surface area contributed by atoms with Crippen LogP contribution in [0.1, 0.15) is 0 Å². The second-order valence-corrected chi connectivity index (χ2v) is 2.33. The number of hydrogen-bond donors (Lipinski definition) is 0. The molecule has 2 nitrogen and oxygen atoms in total. The van der Waals surface area contributed by atoms with Crippen LogP contribution < -0.4 is 24.0 Å². The van der Waals surface area contributed by atoms with Gasteiger partial charge in [0.25, 0.3) is 0 Å². The lowest BCUT2D eigenvalue weighted by Crippen LogP contribution is -3.00. The minimum Gasteiger partial charge on any atom is -1.00 e. The Labute approximate surface area is 77.5 Å². The second-order valence-electron chi connectivity index (χ2n) is 1.94. The smallest absolute Gasteiger partial charge is 0.179 e. The maximum absolute atomic E-state index is 5.80. The quantitative estimate of drug-likeness (QED) is 0.278. The third-order valence-corrected chi connectivity index (χ3v) is 1.82.